The molecule has 2 heterocycles. The summed E-state index contributed by atoms with van der Waals surface area (Å²) in [7, 11) is 0. The largest absolute Gasteiger partial charge is 0.330 e. The van der Waals surface area contributed by atoms with Crippen LogP contribution in [0.2, 0.25) is 0 Å². The van der Waals surface area contributed by atoms with Crippen LogP contribution in [0.15, 0.2) is 29.8 Å². The Kier molecular flexibility index (Phi) is 3.64. The molecule has 2 rings (SSSR count). The van der Waals surface area contributed by atoms with Crippen molar-refractivity contribution in [3.05, 3.63) is 35.6 Å². The number of thiophene rings is 1. The lowest BCUT2D eigenvalue weighted by atomic mass is 10.1. The molecule has 0 aromatic carbocycles. The van der Waals surface area contributed by atoms with Gasteiger partial charge in [0.15, 0.2) is 0 Å². The maximum Gasteiger partial charge on any atom is 0.131 e. The van der Waals surface area contributed by atoms with Gasteiger partial charge in [0, 0.05) is 12.1 Å². The van der Waals surface area contributed by atoms with Crippen LogP contribution in [-0.4, -0.2) is 16.5 Å². The molecule has 0 radical (unpaired) electrons. The molecule has 0 saturated carbocycles. The molecule has 0 aliphatic heterocycles. The average Bonchev–Trinajstić information content (AvgIpc) is 2.83. The first-order valence-corrected chi connectivity index (χ1v) is 6.26. The van der Waals surface area contributed by atoms with Gasteiger partial charge in [0.2, 0.25) is 0 Å². The molecule has 0 amide bonds. The van der Waals surface area contributed by atoms with Crippen LogP contribution < -0.4 is 5.73 Å². The van der Waals surface area contributed by atoms with Crippen molar-refractivity contribution >= 4 is 11.3 Å². The minimum Gasteiger partial charge on any atom is -0.330 e. The summed E-state index contributed by atoms with van der Waals surface area (Å²) in [6.45, 7) is 2.79. The minimum absolute atomic E-state index is 0.324. The monoisotopic (exact) mass is 233 g/mol. The highest BCUT2D eigenvalue weighted by molar-refractivity contribution is 7.13. The topological polar surface area (TPSA) is 51.8 Å². The van der Waals surface area contributed by atoms with Gasteiger partial charge in [-0.3, -0.25) is 0 Å². The molecule has 0 bridgehead atoms. The molecule has 0 aliphatic rings. The van der Waals surface area contributed by atoms with Crippen LogP contribution in [0, 0.1) is 0 Å². The Morgan fingerprint density at radius 3 is 3.00 bits per heavy atom. The van der Waals surface area contributed by atoms with Crippen molar-refractivity contribution in [3.63, 3.8) is 0 Å². The molecule has 84 valence electrons. The summed E-state index contributed by atoms with van der Waals surface area (Å²) in [5.41, 5.74) is 6.55. The molecular formula is C12H15N3S. The summed E-state index contributed by atoms with van der Waals surface area (Å²) < 4.78 is 0. The van der Waals surface area contributed by atoms with E-state index in [-0.39, 0.29) is 0 Å². The summed E-state index contributed by atoms with van der Waals surface area (Å²) in [5, 5.41) is 2.06. The third kappa shape index (κ3) is 2.46. The van der Waals surface area contributed by atoms with Crippen molar-refractivity contribution in [1.29, 1.82) is 0 Å². The molecule has 0 fully saturated rings. The summed E-state index contributed by atoms with van der Waals surface area (Å²) >= 11 is 1.69. The standard InChI is InChI=1S/C12H15N3S/c1-9(4-6-13)12-14-7-5-10(15-12)11-3-2-8-16-11/h2-3,5,7-9H,4,6,13H2,1H3. The van der Waals surface area contributed by atoms with Crippen LogP contribution in [0.25, 0.3) is 10.6 Å². The zero-order chi connectivity index (χ0) is 11.4. The zero-order valence-electron chi connectivity index (χ0n) is 9.26. The normalized spacial score (nSPS) is 12.6. The van der Waals surface area contributed by atoms with E-state index in [0.29, 0.717) is 12.5 Å². The van der Waals surface area contributed by atoms with Crippen LogP contribution in [0.5, 0.6) is 0 Å². The molecule has 2 aromatic heterocycles. The van der Waals surface area contributed by atoms with Crippen molar-refractivity contribution in [3.8, 4) is 10.6 Å². The molecule has 0 saturated heterocycles. The second kappa shape index (κ2) is 5.18. The first-order chi connectivity index (χ1) is 7.81. The Morgan fingerprint density at radius 2 is 2.31 bits per heavy atom. The summed E-state index contributed by atoms with van der Waals surface area (Å²) in [6.07, 6.45) is 2.75. The molecular weight excluding hydrogens is 218 g/mol. The van der Waals surface area contributed by atoms with E-state index in [9.17, 15) is 0 Å². The van der Waals surface area contributed by atoms with Crippen molar-refractivity contribution in [2.24, 2.45) is 5.73 Å². The van der Waals surface area contributed by atoms with E-state index in [2.05, 4.69) is 28.3 Å². The van der Waals surface area contributed by atoms with Crippen LogP contribution in [0.3, 0.4) is 0 Å². The molecule has 0 aliphatic carbocycles. The van der Waals surface area contributed by atoms with Crippen molar-refractivity contribution in [2.75, 3.05) is 6.54 Å². The van der Waals surface area contributed by atoms with E-state index in [1.807, 2.05) is 18.3 Å². The first kappa shape index (κ1) is 11.2. The fourth-order valence-corrected chi connectivity index (χ4v) is 2.25. The van der Waals surface area contributed by atoms with E-state index < -0.39 is 0 Å². The van der Waals surface area contributed by atoms with E-state index in [1.165, 1.54) is 4.88 Å². The van der Waals surface area contributed by atoms with E-state index >= 15 is 0 Å². The van der Waals surface area contributed by atoms with Crippen LogP contribution in [0.1, 0.15) is 25.1 Å². The van der Waals surface area contributed by atoms with E-state index in [4.69, 9.17) is 5.73 Å². The van der Waals surface area contributed by atoms with Crippen LogP contribution in [0.4, 0.5) is 0 Å². The van der Waals surface area contributed by atoms with Gasteiger partial charge in [-0.05, 0) is 30.5 Å². The third-order valence-corrected chi connectivity index (χ3v) is 3.38. The highest BCUT2D eigenvalue weighted by Gasteiger charge is 2.09. The van der Waals surface area contributed by atoms with Crippen LogP contribution in [-0.2, 0) is 0 Å². The van der Waals surface area contributed by atoms with Gasteiger partial charge in [-0.1, -0.05) is 13.0 Å². The molecule has 4 heteroatoms. The number of nitrogens with zero attached hydrogens (tertiary/aromatic N) is 2. The first-order valence-electron chi connectivity index (χ1n) is 5.38. The van der Waals surface area contributed by atoms with E-state index in [0.717, 1.165) is 17.9 Å². The number of nitrogens with two attached hydrogens (primary N) is 1. The van der Waals surface area contributed by atoms with Crippen molar-refractivity contribution in [2.45, 2.75) is 19.3 Å². The molecule has 2 N–H and O–H groups in total. The Hall–Kier alpha value is -1.26. The van der Waals surface area contributed by atoms with E-state index in [1.54, 1.807) is 11.3 Å². The second-order valence-corrected chi connectivity index (χ2v) is 4.70. The summed E-state index contributed by atoms with van der Waals surface area (Å²) in [6, 6.07) is 6.06. The number of rotatable bonds is 4. The van der Waals surface area contributed by atoms with Gasteiger partial charge in [0.25, 0.3) is 0 Å². The smallest absolute Gasteiger partial charge is 0.131 e. The zero-order valence-corrected chi connectivity index (χ0v) is 10.1. The summed E-state index contributed by atoms with van der Waals surface area (Å²) in [4.78, 5) is 10.1. The minimum atomic E-state index is 0.324. The van der Waals surface area contributed by atoms with Crippen LogP contribution >= 0.6 is 11.3 Å². The van der Waals surface area contributed by atoms with Crippen molar-refractivity contribution < 1.29 is 0 Å². The fraction of sp³-hybridized carbons (Fsp3) is 0.333. The predicted octanol–water partition coefficient (Wildman–Crippen LogP) is 2.66. The Morgan fingerprint density at radius 1 is 1.44 bits per heavy atom. The Labute approximate surface area is 99.4 Å². The lowest BCUT2D eigenvalue weighted by Gasteiger charge is -2.08. The highest BCUT2D eigenvalue weighted by Crippen LogP contribution is 2.23. The lowest BCUT2D eigenvalue weighted by molar-refractivity contribution is 0.648. The van der Waals surface area contributed by atoms with Gasteiger partial charge in [0.05, 0.1) is 10.6 Å². The van der Waals surface area contributed by atoms with Gasteiger partial charge in [-0.2, -0.15) is 0 Å². The average molecular weight is 233 g/mol. The molecule has 1 unspecified atom stereocenters. The number of hydrogen-bond donors (Lipinski definition) is 1. The lowest BCUT2D eigenvalue weighted by Crippen LogP contribution is -2.07. The molecule has 16 heavy (non-hydrogen) atoms. The van der Waals surface area contributed by atoms with Gasteiger partial charge >= 0.3 is 0 Å². The third-order valence-electron chi connectivity index (χ3n) is 2.49. The fourth-order valence-electron chi connectivity index (χ4n) is 1.55. The van der Waals surface area contributed by atoms with Gasteiger partial charge in [0.1, 0.15) is 5.82 Å². The molecule has 2 aromatic rings. The van der Waals surface area contributed by atoms with Gasteiger partial charge in [-0.25, -0.2) is 9.97 Å². The quantitative estimate of drug-likeness (QED) is 0.883. The molecule has 0 spiro atoms. The molecule has 1 atom stereocenters. The maximum absolute atomic E-state index is 5.55. The van der Waals surface area contributed by atoms with Gasteiger partial charge in [-0.15, -0.1) is 11.3 Å². The Balaban J connectivity index is 2.26. The number of aromatic nitrogens is 2. The molecule has 3 nitrogen and oxygen atoms in total. The SMILES string of the molecule is CC(CCN)c1nccc(-c2cccs2)n1. The maximum atomic E-state index is 5.55. The Bertz CT molecular complexity index is 439. The second-order valence-electron chi connectivity index (χ2n) is 3.76. The summed E-state index contributed by atoms with van der Waals surface area (Å²) in [5.74, 6) is 1.21. The van der Waals surface area contributed by atoms with Crippen molar-refractivity contribution in [1.82, 2.24) is 9.97 Å². The predicted molar refractivity (Wildman–Crippen MR) is 67.4 cm³/mol. The number of hydrogen-bond acceptors (Lipinski definition) is 4. The highest BCUT2D eigenvalue weighted by atomic mass is 32.1. The van der Waals surface area contributed by atoms with Gasteiger partial charge < -0.3 is 5.73 Å².